The minimum Gasteiger partial charge on any atom is -0.375 e. The third-order valence-electron chi connectivity index (χ3n) is 4.91. The van der Waals surface area contributed by atoms with E-state index in [1.807, 2.05) is 20.2 Å². The Labute approximate surface area is 120 Å². The van der Waals surface area contributed by atoms with Crippen molar-refractivity contribution >= 4 is 5.78 Å². The average Bonchev–Trinajstić information content (AvgIpc) is 2.78. The van der Waals surface area contributed by atoms with Gasteiger partial charge in [-0.3, -0.25) is 9.48 Å². The Morgan fingerprint density at radius 3 is 2.80 bits per heavy atom. The van der Waals surface area contributed by atoms with Gasteiger partial charge in [0.25, 0.3) is 0 Å². The first-order valence-corrected chi connectivity index (χ1v) is 7.78. The zero-order valence-electron chi connectivity index (χ0n) is 12.5. The number of nitrogens with zero attached hydrogens (tertiary/aromatic N) is 2. The number of rotatable bonds is 2. The van der Waals surface area contributed by atoms with Gasteiger partial charge in [-0.05, 0) is 32.6 Å². The first-order valence-electron chi connectivity index (χ1n) is 7.78. The van der Waals surface area contributed by atoms with Crippen molar-refractivity contribution < 1.29 is 9.53 Å². The van der Waals surface area contributed by atoms with Crippen molar-refractivity contribution in [2.24, 2.45) is 13.0 Å². The lowest BCUT2D eigenvalue weighted by atomic mass is 9.74. The minimum absolute atomic E-state index is 0.00700. The molecular weight excluding hydrogens is 252 g/mol. The lowest BCUT2D eigenvalue weighted by molar-refractivity contribution is -0.111. The fourth-order valence-corrected chi connectivity index (χ4v) is 3.86. The Balaban J connectivity index is 1.76. The fourth-order valence-electron chi connectivity index (χ4n) is 3.86. The Bertz CT molecular complexity index is 495. The molecule has 1 unspecified atom stereocenters. The zero-order chi connectivity index (χ0) is 14.2. The second-order valence-electron chi connectivity index (χ2n) is 6.45. The van der Waals surface area contributed by atoms with Gasteiger partial charge in [0.05, 0.1) is 16.9 Å². The summed E-state index contributed by atoms with van der Waals surface area (Å²) in [7, 11) is 1.87. The Hall–Kier alpha value is -1.16. The molecule has 1 aliphatic carbocycles. The molecule has 0 bridgehead atoms. The van der Waals surface area contributed by atoms with Gasteiger partial charge in [0.1, 0.15) is 0 Å². The van der Waals surface area contributed by atoms with Gasteiger partial charge >= 0.3 is 0 Å². The largest absolute Gasteiger partial charge is 0.375 e. The molecule has 4 heteroatoms. The Morgan fingerprint density at radius 1 is 1.40 bits per heavy atom. The topological polar surface area (TPSA) is 44.1 Å². The molecule has 0 aromatic carbocycles. The van der Waals surface area contributed by atoms with Crippen LogP contribution in [-0.4, -0.2) is 27.8 Å². The van der Waals surface area contributed by atoms with Crippen LogP contribution in [0, 0.1) is 12.8 Å². The molecule has 1 aromatic heterocycles. The van der Waals surface area contributed by atoms with Crippen molar-refractivity contribution in [3.63, 3.8) is 0 Å². The van der Waals surface area contributed by atoms with Crippen LogP contribution in [-0.2, 0) is 11.8 Å². The van der Waals surface area contributed by atoms with Crippen molar-refractivity contribution in [3.8, 4) is 0 Å². The van der Waals surface area contributed by atoms with Gasteiger partial charge in [-0.2, -0.15) is 5.10 Å². The van der Waals surface area contributed by atoms with E-state index in [9.17, 15) is 4.79 Å². The van der Waals surface area contributed by atoms with E-state index >= 15 is 0 Å². The molecule has 4 nitrogen and oxygen atoms in total. The van der Waals surface area contributed by atoms with E-state index in [-0.39, 0.29) is 17.3 Å². The van der Waals surface area contributed by atoms with Gasteiger partial charge in [0, 0.05) is 25.8 Å². The van der Waals surface area contributed by atoms with Crippen LogP contribution in [0.5, 0.6) is 0 Å². The number of Topliss-reactive ketones (excluding diaryl/α,β-unsaturated/α-hetero) is 1. The third kappa shape index (κ3) is 2.53. The maximum absolute atomic E-state index is 12.8. The number of carbonyl (C=O) groups excluding carboxylic acids is 1. The highest BCUT2D eigenvalue weighted by molar-refractivity contribution is 5.98. The smallest absolute Gasteiger partial charge is 0.169 e. The van der Waals surface area contributed by atoms with Gasteiger partial charge < -0.3 is 4.74 Å². The lowest BCUT2D eigenvalue weighted by Crippen LogP contribution is -2.43. The number of ether oxygens (including phenoxy) is 1. The highest BCUT2D eigenvalue weighted by Gasteiger charge is 2.41. The predicted octanol–water partition coefficient (Wildman–Crippen LogP) is 3.04. The van der Waals surface area contributed by atoms with Crippen LogP contribution in [0.3, 0.4) is 0 Å². The summed E-state index contributed by atoms with van der Waals surface area (Å²) in [5, 5.41) is 4.30. The molecule has 1 aromatic rings. The molecule has 1 aliphatic heterocycles. The van der Waals surface area contributed by atoms with E-state index in [1.54, 1.807) is 4.68 Å². The second kappa shape index (κ2) is 5.32. The van der Waals surface area contributed by atoms with Crippen molar-refractivity contribution in [1.82, 2.24) is 9.78 Å². The van der Waals surface area contributed by atoms with Crippen LogP contribution in [0.1, 0.15) is 61.0 Å². The maximum atomic E-state index is 12.8. The molecule has 0 radical (unpaired) electrons. The number of carbonyl (C=O) groups is 1. The summed E-state index contributed by atoms with van der Waals surface area (Å²) in [6.07, 6.45) is 9.67. The molecule has 2 aliphatic rings. The highest BCUT2D eigenvalue weighted by atomic mass is 16.5. The molecule has 0 N–H and O–H groups in total. The quantitative estimate of drug-likeness (QED) is 0.780. The van der Waals surface area contributed by atoms with Crippen LogP contribution >= 0.6 is 0 Å². The van der Waals surface area contributed by atoms with Crippen LogP contribution in [0.2, 0.25) is 0 Å². The molecule has 1 saturated carbocycles. The number of hydrogen-bond donors (Lipinski definition) is 0. The van der Waals surface area contributed by atoms with Crippen LogP contribution in [0.15, 0.2) is 6.20 Å². The number of ketones is 1. The molecule has 20 heavy (non-hydrogen) atoms. The molecule has 2 fully saturated rings. The first-order chi connectivity index (χ1) is 9.60. The van der Waals surface area contributed by atoms with Crippen molar-refractivity contribution in [1.29, 1.82) is 0 Å². The van der Waals surface area contributed by atoms with E-state index < -0.39 is 0 Å². The summed E-state index contributed by atoms with van der Waals surface area (Å²) in [4.78, 5) is 12.8. The molecule has 1 atom stereocenters. The van der Waals surface area contributed by atoms with Gasteiger partial charge in [0.2, 0.25) is 0 Å². The summed E-state index contributed by atoms with van der Waals surface area (Å²) in [6, 6.07) is 0. The number of hydrogen-bond acceptors (Lipinski definition) is 3. The molecule has 2 heterocycles. The Kier molecular flexibility index (Phi) is 3.67. The highest BCUT2D eigenvalue weighted by Crippen LogP contribution is 2.41. The third-order valence-corrected chi connectivity index (χ3v) is 4.91. The van der Waals surface area contributed by atoms with Crippen molar-refractivity contribution in [3.05, 3.63) is 17.5 Å². The molecule has 0 amide bonds. The number of aryl methyl sites for hydroxylation is 2. The molecular formula is C16H24N2O2. The molecule has 1 spiro atoms. The van der Waals surface area contributed by atoms with E-state index in [1.165, 1.54) is 19.3 Å². The van der Waals surface area contributed by atoms with Gasteiger partial charge in [-0.1, -0.05) is 19.3 Å². The fraction of sp³-hybridized carbons (Fsp3) is 0.750. The summed E-state index contributed by atoms with van der Waals surface area (Å²) >= 11 is 0. The van der Waals surface area contributed by atoms with Gasteiger partial charge in [-0.25, -0.2) is 0 Å². The standard InChI is InChI=1S/C16H24N2O2/c1-12-14(11-18(2)17-12)15(19)13-6-9-20-16(10-13)7-4-3-5-8-16/h11,13H,3-10H2,1-2H3. The monoisotopic (exact) mass is 276 g/mol. The molecule has 110 valence electrons. The maximum Gasteiger partial charge on any atom is 0.169 e. The average molecular weight is 276 g/mol. The SMILES string of the molecule is Cc1nn(C)cc1C(=O)C1CCOC2(CCCCC2)C1. The number of aromatic nitrogens is 2. The van der Waals surface area contributed by atoms with Crippen LogP contribution < -0.4 is 0 Å². The van der Waals surface area contributed by atoms with E-state index in [2.05, 4.69) is 5.10 Å². The first kappa shape index (κ1) is 13.8. The van der Waals surface area contributed by atoms with Gasteiger partial charge in [-0.15, -0.1) is 0 Å². The summed E-state index contributed by atoms with van der Waals surface area (Å²) in [5.74, 6) is 0.383. The second-order valence-corrected chi connectivity index (χ2v) is 6.45. The van der Waals surface area contributed by atoms with Crippen LogP contribution in [0.25, 0.3) is 0 Å². The zero-order valence-corrected chi connectivity index (χ0v) is 12.5. The Morgan fingerprint density at radius 2 is 2.15 bits per heavy atom. The van der Waals surface area contributed by atoms with E-state index in [0.29, 0.717) is 0 Å². The van der Waals surface area contributed by atoms with Gasteiger partial charge in [0.15, 0.2) is 5.78 Å². The van der Waals surface area contributed by atoms with E-state index in [0.717, 1.165) is 43.5 Å². The van der Waals surface area contributed by atoms with Crippen LogP contribution in [0.4, 0.5) is 0 Å². The summed E-state index contributed by atoms with van der Waals surface area (Å²) in [5.41, 5.74) is 1.64. The lowest BCUT2D eigenvalue weighted by Gasteiger charge is -2.43. The minimum atomic E-state index is -0.00700. The van der Waals surface area contributed by atoms with Crippen molar-refractivity contribution in [2.75, 3.05) is 6.61 Å². The molecule has 1 saturated heterocycles. The van der Waals surface area contributed by atoms with Crippen molar-refractivity contribution in [2.45, 2.75) is 57.5 Å². The predicted molar refractivity (Wildman–Crippen MR) is 76.8 cm³/mol. The van der Waals surface area contributed by atoms with E-state index in [4.69, 9.17) is 4.74 Å². The summed E-state index contributed by atoms with van der Waals surface area (Å²) in [6.45, 7) is 2.65. The normalized spacial score (nSPS) is 25.8. The summed E-state index contributed by atoms with van der Waals surface area (Å²) < 4.78 is 7.82. The molecule has 3 rings (SSSR count).